The minimum atomic E-state index is -0.501. The molecule has 2 rings (SSSR count). The lowest BCUT2D eigenvalue weighted by atomic mass is 9.91. The summed E-state index contributed by atoms with van der Waals surface area (Å²) >= 11 is 6.04. The predicted octanol–water partition coefficient (Wildman–Crippen LogP) is 2.80. The lowest BCUT2D eigenvalue weighted by Gasteiger charge is -2.27. The van der Waals surface area contributed by atoms with Gasteiger partial charge in [-0.3, -0.25) is 0 Å². The first-order valence-corrected chi connectivity index (χ1v) is 5.67. The minimum Gasteiger partial charge on any atom is -0.388 e. The quantitative estimate of drug-likeness (QED) is 0.841. The van der Waals surface area contributed by atoms with Gasteiger partial charge in [0.05, 0.1) is 12.7 Å². The van der Waals surface area contributed by atoms with Gasteiger partial charge in [-0.1, -0.05) is 29.8 Å². The number of hydrogen-bond donors (Lipinski definition) is 1. The fraction of sp³-hybridized carbons (Fsp3) is 0.500. The summed E-state index contributed by atoms with van der Waals surface area (Å²) in [5.74, 6) is 0.179. The zero-order valence-electron chi connectivity index (χ0n) is 8.53. The van der Waals surface area contributed by atoms with E-state index in [4.69, 9.17) is 16.3 Å². The Balaban J connectivity index is 2.12. The number of halogens is 1. The van der Waals surface area contributed by atoms with Crippen molar-refractivity contribution in [3.8, 4) is 0 Å². The van der Waals surface area contributed by atoms with Crippen LogP contribution < -0.4 is 0 Å². The molecule has 1 aliphatic heterocycles. The summed E-state index contributed by atoms with van der Waals surface area (Å²) in [6.07, 6.45) is 1.53. The molecule has 1 N–H and O–H groups in total. The van der Waals surface area contributed by atoms with Gasteiger partial charge in [-0.25, -0.2) is 0 Å². The molecule has 0 saturated carbocycles. The lowest BCUT2D eigenvalue weighted by molar-refractivity contribution is -0.00992. The van der Waals surface area contributed by atoms with Crippen LogP contribution in [0.25, 0.3) is 0 Å². The Hall–Kier alpha value is -0.570. The zero-order chi connectivity index (χ0) is 10.7. The molecule has 1 aromatic carbocycles. The van der Waals surface area contributed by atoms with Crippen molar-refractivity contribution in [1.29, 1.82) is 0 Å². The third-order valence-corrected chi connectivity index (χ3v) is 3.21. The molecule has 0 radical (unpaired) electrons. The van der Waals surface area contributed by atoms with Gasteiger partial charge in [0.15, 0.2) is 0 Å². The van der Waals surface area contributed by atoms with E-state index in [1.807, 2.05) is 24.3 Å². The van der Waals surface area contributed by atoms with Crippen LogP contribution >= 0.6 is 11.6 Å². The van der Waals surface area contributed by atoms with E-state index in [2.05, 4.69) is 0 Å². The van der Waals surface area contributed by atoms with Gasteiger partial charge >= 0.3 is 0 Å². The molecular weight excluding hydrogens is 212 g/mol. The monoisotopic (exact) mass is 226 g/mol. The average Bonchev–Trinajstić information content (AvgIpc) is 2.30. The maximum atomic E-state index is 10.2. The van der Waals surface area contributed by atoms with Crippen molar-refractivity contribution in [2.45, 2.75) is 18.9 Å². The van der Waals surface area contributed by atoms with Crippen LogP contribution in [0, 0.1) is 5.92 Å². The Morgan fingerprint density at radius 3 is 2.87 bits per heavy atom. The van der Waals surface area contributed by atoms with Crippen LogP contribution in [0.1, 0.15) is 24.5 Å². The molecule has 2 atom stereocenters. The highest BCUT2D eigenvalue weighted by molar-refractivity contribution is 6.31. The summed E-state index contributed by atoms with van der Waals surface area (Å²) in [5.41, 5.74) is 0.815. The minimum absolute atomic E-state index is 0.179. The van der Waals surface area contributed by atoms with Crippen LogP contribution in [-0.2, 0) is 4.74 Å². The van der Waals surface area contributed by atoms with E-state index in [1.54, 1.807) is 0 Å². The molecular formula is C12H15ClO2. The molecule has 1 saturated heterocycles. The third kappa shape index (κ3) is 2.51. The average molecular weight is 227 g/mol. The van der Waals surface area contributed by atoms with Crippen molar-refractivity contribution in [3.63, 3.8) is 0 Å². The van der Waals surface area contributed by atoms with Gasteiger partial charge in [0.25, 0.3) is 0 Å². The van der Waals surface area contributed by atoms with Crippen molar-refractivity contribution in [1.82, 2.24) is 0 Å². The van der Waals surface area contributed by atoms with E-state index in [1.165, 1.54) is 0 Å². The van der Waals surface area contributed by atoms with Gasteiger partial charge in [0, 0.05) is 17.5 Å². The van der Waals surface area contributed by atoms with Crippen LogP contribution in [0.2, 0.25) is 5.02 Å². The Morgan fingerprint density at radius 2 is 2.20 bits per heavy atom. The van der Waals surface area contributed by atoms with Gasteiger partial charge in [-0.15, -0.1) is 0 Å². The molecule has 0 aromatic heterocycles. The molecule has 0 spiro atoms. The van der Waals surface area contributed by atoms with E-state index in [-0.39, 0.29) is 5.92 Å². The second kappa shape index (κ2) is 4.97. The van der Waals surface area contributed by atoms with Gasteiger partial charge in [-0.05, 0) is 24.5 Å². The zero-order valence-corrected chi connectivity index (χ0v) is 9.28. The summed E-state index contributed by atoms with van der Waals surface area (Å²) in [7, 11) is 0. The van der Waals surface area contributed by atoms with E-state index in [9.17, 15) is 5.11 Å². The molecule has 82 valence electrons. The van der Waals surface area contributed by atoms with E-state index in [0.717, 1.165) is 25.0 Å². The molecule has 1 aromatic rings. The Kier molecular flexibility index (Phi) is 3.62. The first kappa shape index (κ1) is 10.9. The molecule has 0 bridgehead atoms. The van der Waals surface area contributed by atoms with E-state index in [0.29, 0.717) is 11.6 Å². The van der Waals surface area contributed by atoms with E-state index >= 15 is 0 Å². The number of ether oxygens (including phenoxy) is 1. The summed E-state index contributed by atoms with van der Waals surface area (Å²) < 4.78 is 5.36. The molecule has 0 amide bonds. The van der Waals surface area contributed by atoms with Crippen LogP contribution in [0.3, 0.4) is 0 Å². The highest BCUT2D eigenvalue weighted by atomic mass is 35.5. The largest absolute Gasteiger partial charge is 0.388 e. The predicted molar refractivity (Wildman–Crippen MR) is 60.0 cm³/mol. The topological polar surface area (TPSA) is 29.5 Å². The number of aliphatic hydroxyl groups excluding tert-OH is 1. The molecule has 2 unspecified atom stereocenters. The first-order chi connectivity index (χ1) is 7.29. The molecule has 3 heteroatoms. The molecule has 1 fully saturated rings. The highest BCUT2D eigenvalue weighted by Crippen LogP contribution is 2.32. The molecule has 1 heterocycles. The molecule has 1 aliphatic rings. The number of benzene rings is 1. The lowest BCUT2D eigenvalue weighted by Crippen LogP contribution is -2.23. The van der Waals surface area contributed by atoms with Crippen molar-refractivity contribution in [2.75, 3.05) is 13.2 Å². The van der Waals surface area contributed by atoms with Crippen molar-refractivity contribution >= 4 is 11.6 Å². The first-order valence-electron chi connectivity index (χ1n) is 5.29. The second-order valence-electron chi connectivity index (χ2n) is 3.94. The van der Waals surface area contributed by atoms with Crippen molar-refractivity contribution in [2.24, 2.45) is 5.92 Å². The standard InChI is InChI=1S/C12H15ClO2/c13-11-6-2-1-5-10(11)12(14)9-4-3-7-15-8-9/h1-2,5-6,9,12,14H,3-4,7-8H2. The number of hydrogen-bond acceptors (Lipinski definition) is 2. The number of rotatable bonds is 2. The van der Waals surface area contributed by atoms with Crippen LogP contribution in [0.5, 0.6) is 0 Å². The summed E-state index contributed by atoms with van der Waals surface area (Å²) in [6, 6.07) is 7.45. The Labute approximate surface area is 94.8 Å². The van der Waals surface area contributed by atoms with Crippen LogP contribution in [-0.4, -0.2) is 18.3 Å². The summed E-state index contributed by atoms with van der Waals surface area (Å²) in [4.78, 5) is 0. The summed E-state index contributed by atoms with van der Waals surface area (Å²) in [5, 5.41) is 10.8. The van der Waals surface area contributed by atoms with Gasteiger partial charge < -0.3 is 9.84 Å². The molecule has 15 heavy (non-hydrogen) atoms. The SMILES string of the molecule is OC(c1ccccc1Cl)C1CCCOC1. The second-order valence-corrected chi connectivity index (χ2v) is 4.35. The van der Waals surface area contributed by atoms with Gasteiger partial charge in [-0.2, -0.15) is 0 Å². The maximum absolute atomic E-state index is 10.2. The Morgan fingerprint density at radius 1 is 1.40 bits per heavy atom. The smallest absolute Gasteiger partial charge is 0.0854 e. The highest BCUT2D eigenvalue weighted by Gasteiger charge is 2.24. The fourth-order valence-electron chi connectivity index (χ4n) is 1.98. The third-order valence-electron chi connectivity index (χ3n) is 2.87. The Bertz CT molecular complexity index is 321. The summed E-state index contributed by atoms with van der Waals surface area (Å²) in [6.45, 7) is 1.44. The maximum Gasteiger partial charge on any atom is 0.0854 e. The van der Waals surface area contributed by atoms with Crippen LogP contribution in [0.15, 0.2) is 24.3 Å². The van der Waals surface area contributed by atoms with Crippen molar-refractivity contribution in [3.05, 3.63) is 34.9 Å². The molecule has 2 nitrogen and oxygen atoms in total. The van der Waals surface area contributed by atoms with Gasteiger partial charge in [0.2, 0.25) is 0 Å². The van der Waals surface area contributed by atoms with Crippen molar-refractivity contribution < 1.29 is 9.84 Å². The molecule has 0 aliphatic carbocycles. The normalized spacial score (nSPS) is 23.7. The van der Waals surface area contributed by atoms with Crippen LogP contribution in [0.4, 0.5) is 0 Å². The van der Waals surface area contributed by atoms with Gasteiger partial charge in [0.1, 0.15) is 0 Å². The number of aliphatic hydroxyl groups is 1. The fourth-order valence-corrected chi connectivity index (χ4v) is 2.23. The van der Waals surface area contributed by atoms with E-state index < -0.39 is 6.10 Å².